The summed E-state index contributed by atoms with van der Waals surface area (Å²) in [6, 6.07) is 12.8. The fourth-order valence-electron chi connectivity index (χ4n) is 6.39. The molecule has 0 aliphatic carbocycles. The van der Waals surface area contributed by atoms with Gasteiger partial charge in [0.25, 0.3) is 5.91 Å². The minimum Gasteiger partial charge on any atom is -0.489 e. The number of benzene rings is 2. The van der Waals surface area contributed by atoms with Crippen molar-refractivity contribution in [3.63, 3.8) is 0 Å². The van der Waals surface area contributed by atoms with E-state index in [0.29, 0.717) is 55.4 Å². The molecule has 1 aliphatic heterocycles. The second kappa shape index (κ2) is 14.6. The molecule has 12 nitrogen and oxygen atoms in total. The maximum Gasteiger partial charge on any atom is 0.408 e. The molecule has 0 radical (unpaired) electrons. The zero-order chi connectivity index (χ0) is 38.3. The number of halogens is 1. The Hall–Kier alpha value is -4.69. The van der Waals surface area contributed by atoms with Crippen molar-refractivity contribution in [1.29, 1.82) is 0 Å². The second-order valence-electron chi connectivity index (χ2n) is 16.2. The average Bonchev–Trinajstić information content (AvgIpc) is 3.80. The van der Waals surface area contributed by atoms with Gasteiger partial charge in [0.1, 0.15) is 24.6 Å². The van der Waals surface area contributed by atoms with Gasteiger partial charge in [0, 0.05) is 37.2 Å². The summed E-state index contributed by atoms with van der Waals surface area (Å²) in [5.74, 6) is 1.87. The summed E-state index contributed by atoms with van der Waals surface area (Å²) in [6.07, 6.45) is 1.48. The van der Waals surface area contributed by atoms with E-state index < -0.39 is 32.7 Å². The molecule has 3 aromatic heterocycles. The van der Waals surface area contributed by atoms with Crippen molar-refractivity contribution in [3.05, 3.63) is 65.5 Å². The van der Waals surface area contributed by atoms with Crippen LogP contribution >= 0.6 is 0 Å². The van der Waals surface area contributed by atoms with Crippen LogP contribution in [-0.2, 0) is 29.2 Å². The van der Waals surface area contributed by atoms with Gasteiger partial charge in [0.15, 0.2) is 19.9 Å². The van der Waals surface area contributed by atoms with Gasteiger partial charge in [-0.15, -0.1) is 0 Å². The van der Waals surface area contributed by atoms with Gasteiger partial charge in [-0.05, 0) is 75.2 Å². The van der Waals surface area contributed by atoms with E-state index in [9.17, 15) is 14.0 Å². The van der Waals surface area contributed by atoms with Crippen LogP contribution in [0.4, 0.5) is 9.18 Å². The highest BCUT2D eigenvalue weighted by molar-refractivity contribution is 6.74. The van der Waals surface area contributed by atoms with E-state index in [-0.39, 0.29) is 17.5 Å². The van der Waals surface area contributed by atoms with Gasteiger partial charge in [0.2, 0.25) is 0 Å². The molecule has 0 fully saturated rings. The molecule has 0 bridgehead atoms. The number of aryl methyl sites for hydroxylation is 1. The third-order valence-corrected chi connectivity index (χ3v) is 14.7. The summed E-state index contributed by atoms with van der Waals surface area (Å²) in [5, 5.41) is 7.57. The van der Waals surface area contributed by atoms with Crippen LogP contribution in [-0.4, -0.2) is 89.1 Å². The molecular formula is C39H51FN6O6Si. The van der Waals surface area contributed by atoms with Gasteiger partial charge in [-0.3, -0.25) is 4.79 Å². The van der Waals surface area contributed by atoms with E-state index in [1.165, 1.54) is 0 Å². The predicted octanol–water partition coefficient (Wildman–Crippen LogP) is 7.49. The predicted molar refractivity (Wildman–Crippen MR) is 205 cm³/mol. The molecule has 1 atom stereocenters. The quantitative estimate of drug-likeness (QED) is 0.103. The Morgan fingerprint density at radius 3 is 2.55 bits per heavy atom. The minimum atomic E-state index is -1.93. The fraction of sp³-hybridized carbons (Fsp3) is 0.487. The number of rotatable bonds is 12. The van der Waals surface area contributed by atoms with Gasteiger partial charge < -0.3 is 37.8 Å². The van der Waals surface area contributed by atoms with Gasteiger partial charge in [0.05, 0.1) is 47.6 Å². The van der Waals surface area contributed by atoms with Gasteiger partial charge in [-0.1, -0.05) is 38.1 Å². The van der Waals surface area contributed by atoms with Crippen LogP contribution in [0.2, 0.25) is 18.1 Å². The molecule has 14 heteroatoms. The third-order valence-electron chi connectivity index (χ3n) is 10.1. The lowest BCUT2D eigenvalue weighted by molar-refractivity contribution is 0.0466. The van der Waals surface area contributed by atoms with Crippen LogP contribution in [0.1, 0.15) is 63.2 Å². The van der Waals surface area contributed by atoms with Crippen molar-refractivity contribution >= 4 is 42.3 Å². The zero-order valence-corrected chi connectivity index (χ0v) is 33.2. The van der Waals surface area contributed by atoms with E-state index >= 15 is 0 Å². The number of ether oxygens (including phenoxy) is 2. The van der Waals surface area contributed by atoms with E-state index in [4.69, 9.17) is 23.4 Å². The molecule has 0 unspecified atom stereocenters. The first-order chi connectivity index (χ1) is 25.0. The van der Waals surface area contributed by atoms with Crippen molar-refractivity contribution in [2.45, 2.75) is 84.3 Å². The zero-order valence-electron chi connectivity index (χ0n) is 32.2. The number of para-hydroxylation sites is 1. The summed E-state index contributed by atoms with van der Waals surface area (Å²) in [6.45, 7) is 17.2. The lowest BCUT2D eigenvalue weighted by atomic mass is 9.97. The number of fused-ring (bicyclic) bond motifs is 3. The summed E-state index contributed by atoms with van der Waals surface area (Å²) in [5.41, 5.74) is 3.95. The average molecular weight is 747 g/mol. The molecule has 2 aromatic carbocycles. The minimum absolute atomic E-state index is 0.0219. The normalized spacial score (nSPS) is 14.5. The van der Waals surface area contributed by atoms with Crippen LogP contribution in [0, 0.1) is 0 Å². The van der Waals surface area contributed by atoms with E-state index in [0.717, 1.165) is 33.4 Å². The van der Waals surface area contributed by atoms with Crippen LogP contribution in [0.15, 0.2) is 53.2 Å². The molecular weight excluding hydrogens is 696 g/mol. The maximum atomic E-state index is 14.0. The number of hydrogen-bond donors (Lipinski definition) is 1. The van der Waals surface area contributed by atoms with Crippen LogP contribution in [0.25, 0.3) is 33.5 Å². The highest BCUT2D eigenvalue weighted by Crippen LogP contribution is 2.38. The number of alkyl halides is 1. The topological polar surface area (TPSA) is 126 Å². The van der Waals surface area contributed by atoms with E-state index in [2.05, 4.69) is 55.0 Å². The molecule has 1 N–H and O–H groups in total. The van der Waals surface area contributed by atoms with Crippen molar-refractivity contribution in [3.8, 4) is 17.3 Å². The molecule has 2 amide bonds. The standard InChI is InChI=1S/C39H51FN6O6Si/c1-38(2,3)51-37(48)42-27(22-40)23-45-16-14-25-19-31-30(21-29(25)36(45)47)43-35(44(31)7)32-20-26-11-10-12-33(34(26)46(32)24-28-13-15-41-52-28)49-17-18-50-53(8,9)39(4,5)6/h10-13,15,19-21,27H,14,16-18,22-24H2,1-9H3,(H,42,48)/t27-/m1/s1. The number of nitrogens with zero attached hydrogens (tertiary/aromatic N) is 5. The Labute approximate surface area is 310 Å². The molecule has 0 spiro atoms. The highest BCUT2D eigenvalue weighted by atomic mass is 28.4. The largest absolute Gasteiger partial charge is 0.489 e. The number of aromatic nitrogens is 4. The fourth-order valence-corrected chi connectivity index (χ4v) is 7.42. The number of hydrogen-bond acceptors (Lipinski definition) is 8. The number of amides is 2. The Balaban J connectivity index is 1.30. The lowest BCUT2D eigenvalue weighted by Gasteiger charge is -2.36. The van der Waals surface area contributed by atoms with Crippen molar-refractivity contribution in [2.24, 2.45) is 7.05 Å². The molecule has 5 aromatic rings. The molecule has 4 heterocycles. The summed E-state index contributed by atoms with van der Waals surface area (Å²) in [7, 11) is 0.0380. The molecule has 53 heavy (non-hydrogen) atoms. The number of carbonyl (C=O) groups is 2. The van der Waals surface area contributed by atoms with Crippen molar-refractivity contribution in [2.75, 3.05) is 33.0 Å². The molecule has 0 saturated heterocycles. The Morgan fingerprint density at radius 2 is 1.87 bits per heavy atom. The lowest BCUT2D eigenvalue weighted by Crippen LogP contribution is -2.50. The Morgan fingerprint density at radius 1 is 1.09 bits per heavy atom. The third kappa shape index (κ3) is 8.13. The van der Waals surface area contributed by atoms with E-state index in [1.54, 1.807) is 31.9 Å². The summed E-state index contributed by atoms with van der Waals surface area (Å²) in [4.78, 5) is 32.7. The van der Waals surface area contributed by atoms with Crippen molar-refractivity contribution < 1.29 is 32.4 Å². The number of alkyl carbamates (subject to hydrolysis) is 1. The molecule has 1 aliphatic rings. The highest BCUT2D eigenvalue weighted by Gasteiger charge is 2.37. The first-order valence-corrected chi connectivity index (χ1v) is 21.0. The SMILES string of the molecule is Cn1c(-c2cc3cccc(OCCO[Si](C)(C)C(C)(C)C)c3n2Cc2ccno2)nc2cc3c(cc21)CCN(C[C@@H](CF)NC(=O)OC(C)(C)C)C3=O. The van der Waals surface area contributed by atoms with Crippen LogP contribution in [0.5, 0.6) is 5.75 Å². The first-order valence-electron chi connectivity index (χ1n) is 18.1. The second-order valence-corrected chi connectivity index (χ2v) is 21.0. The van der Waals surface area contributed by atoms with Crippen LogP contribution < -0.4 is 10.1 Å². The monoisotopic (exact) mass is 746 g/mol. The number of imidazole rings is 1. The molecule has 284 valence electrons. The van der Waals surface area contributed by atoms with Crippen molar-refractivity contribution in [1.82, 2.24) is 29.5 Å². The maximum absolute atomic E-state index is 14.0. The number of nitrogens with one attached hydrogen (secondary N) is 1. The molecule has 0 saturated carbocycles. The Kier molecular flexibility index (Phi) is 10.5. The van der Waals surface area contributed by atoms with E-state index in [1.807, 2.05) is 48.0 Å². The number of carbonyl (C=O) groups excluding carboxylic acids is 2. The summed E-state index contributed by atoms with van der Waals surface area (Å²) < 4.78 is 41.8. The van der Waals surface area contributed by atoms with Crippen LogP contribution in [0.3, 0.4) is 0 Å². The first kappa shape index (κ1) is 38.0. The van der Waals surface area contributed by atoms with Gasteiger partial charge >= 0.3 is 6.09 Å². The molecule has 6 rings (SSSR count). The van der Waals surface area contributed by atoms with Gasteiger partial charge in [-0.25, -0.2) is 14.2 Å². The summed E-state index contributed by atoms with van der Waals surface area (Å²) >= 11 is 0. The Bertz CT molecular complexity index is 2110. The van der Waals surface area contributed by atoms with Gasteiger partial charge in [-0.2, -0.15) is 0 Å². The smallest absolute Gasteiger partial charge is 0.408 e.